The second-order valence-electron chi connectivity index (χ2n) is 4.00. The fourth-order valence-corrected chi connectivity index (χ4v) is 2.31. The lowest BCUT2D eigenvalue weighted by molar-refractivity contribution is -0.0406. The Balaban J connectivity index is 1.93. The molecular weight excluding hydrogens is 248 g/mol. The predicted octanol–water partition coefficient (Wildman–Crippen LogP) is 0.739. The molecule has 0 saturated carbocycles. The lowest BCUT2D eigenvalue weighted by Gasteiger charge is -2.34. The van der Waals surface area contributed by atoms with Crippen LogP contribution < -0.4 is 5.73 Å². The van der Waals surface area contributed by atoms with E-state index in [2.05, 4.69) is 14.5 Å². The Kier molecular flexibility index (Phi) is 4.10. The van der Waals surface area contributed by atoms with E-state index in [4.69, 9.17) is 22.1 Å². The zero-order valence-electron chi connectivity index (χ0n) is 9.10. The molecule has 2 N–H and O–H groups in total. The first-order chi connectivity index (χ1) is 7.66. The van der Waals surface area contributed by atoms with Gasteiger partial charge in [-0.25, -0.2) is 0 Å². The molecule has 0 radical (unpaired) electrons. The average molecular weight is 263 g/mol. The van der Waals surface area contributed by atoms with Crippen molar-refractivity contribution >= 4 is 23.1 Å². The van der Waals surface area contributed by atoms with Crippen LogP contribution in [0.5, 0.6) is 0 Å². The van der Waals surface area contributed by atoms with Crippen molar-refractivity contribution in [1.29, 1.82) is 0 Å². The fraction of sp³-hybridized carbons (Fsp3) is 0.778. The van der Waals surface area contributed by atoms with Gasteiger partial charge in [-0.3, -0.25) is 4.90 Å². The Morgan fingerprint density at radius 1 is 1.75 bits per heavy atom. The second-order valence-corrected chi connectivity index (χ2v) is 5.35. The van der Waals surface area contributed by atoms with Crippen molar-refractivity contribution < 1.29 is 4.74 Å². The van der Waals surface area contributed by atoms with E-state index in [0.29, 0.717) is 10.9 Å². The van der Waals surface area contributed by atoms with Gasteiger partial charge in [0.2, 0.25) is 0 Å². The minimum Gasteiger partial charge on any atom is -0.374 e. The van der Waals surface area contributed by atoms with Crippen LogP contribution in [0.25, 0.3) is 0 Å². The topological polar surface area (TPSA) is 64.3 Å². The number of aromatic nitrogens is 2. The Morgan fingerprint density at radius 3 is 3.19 bits per heavy atom. The van der Waals surface area contributed by atoms with Crippen LogP contribution in [0.15, 0.2) is 0 Å². The molecule has 1 aromatic rings. The molecule has 1 fully saturated rings. The molecule has 2 unspecified atom stereocenters. The molecule has 1 aromatic heterocycles. The van der Waals surface area contributed by atoms with Crippen LogP contribution in [0.2, 0.25) is 4.34 Å². The lowest BCUT2D eigenvalue weighted by atomic mass is 10.1. The molecule has 2 rings (SSSR count). The third-order valence-corrected chi connectivity index (χ3v) is 3.63. The van der Waals surface area contributed by atoms with Gasteiger partial charge < -0.3 is 10.5 Å². The molecular formula is C9H15ClN4OS. The summed E-state index contributed by atoms with van der Waals surface area (Å²) in [4.78, 5) is 2.25. The van der Waals surface area contributed by atoms with Crippen LogP contribution in [-0.2, 0) is 11.3 Å². The SMILES string of the molecule is CC(N)C1CN(Cc2nnsc2Cl)CCO1. The number of halogens is 1. The van der Waals surface area contributed by atoms with E-state index < -0.39 is 0 Å². The molecule has 0 amide bonds. The highest BCUT2D eigenvalue weighted by Crippen LogP contribution is 2.20. The third-order valence-electron chi connectivity index (χ3n) is 2.65. The number of hydrogen-bond donors (Lipinski definition) is 1. The zero-order chi connectivity index (χ0) is 11.5. The van der Waals surface area contributed by atoms with Gasteiger partial charge in [-0.15, -0.1) is 5.10 Å². The summed E-state index contributed by atoms with van der Waals surface area (Å²) in [6, 6.07) is 0.0480. The van der Waals surface area contributed by atoms with Crippen LogP contribution in [0.3, 0.4) is 0 Å². The summed E-state index contributed by atoms with van der Waals surface area (Å²) in [6.45, 7) is 5.11. The summed E-state index contributed by atoms with van der Waals surface area (Å²) in [5, 5.41) is 4.00. The van der Waals surface area contributed by atoms with Crippen LogP contribution in [0, 0.1) is 0 Å². The maximum Gasteiger partial charge on any atom is 0.138 e. The number of morpholine rings is 1. The first kappa shape index (κ1) is 12.2. The maximum absolute atomic E-state index is 5.97. The number of ether oxygens (including phenoxy) is 1. The summed E-state index contributed by atoms with van der Waals surface area (Å²) in [5.74, 6) is 0. The van der Waals surface area contributed by atoms with E-state index in [0.717, 1.165) is 25.3 Å². The van der Waals surface area contributed by atoms with Gasteiger partial charge in [-0.05, 0) is 6.92 Å². The minimum absolute atomic E-state index is 0.0480. The molecule has 1 aliphatic heterocycles. The summed E-state index contributed by atoms with van der Waals surface area (Å²) in [6.07, 6.45) is 0.0964. The molecule has 5 nitrogen and oxygen atoms in total. The quantitative estimate of drug-likeness (QED) is 0.871. The van der Waals surface area contributed by atoms with Gasteiger partial charge in [-0.2, -0.15) is 0 Å². The number of nitrogens with zero attached hydrogens (tertiary/aromatic N) is 3. The van der Waals surface area contributed by atoms with Gasteiger partial charge in [-0.1, -0.05) is 16.1 Å². The average Bonchev–Trinajstić information content (AvgIpc) is 2.65. The van der Waals surface area contributed by atoms with Crippen LogP contribution in [0.4, 0.5) is 0 Å². The molecule has 90 valence electrons. The molecule has 7 heteroatoms. The normalized spacial score (nSPS) is 24.6. The summed E-state index contributed by atoms with van der Waals surface area (Å²) in [7, 11) is 0. The highest BCUT2D eigenvalue weighted by atomic mass is 35.5. The van der Waals surface area contributed by atoms with Gasteiger partial charge in [0.25, 0.3) is 0 Å². The van der Waals surface area contributed by atoms with Crippen LogP contribution in [0.1, 0.15) is 12.6 Å². The zero-order valence-corrected chi connectivity index (χ0v) is 10.7. The van der Waals surface area contributed by atoms with Gasteiger partial charge >= 0.3 is 0 Å². The molecule has 1 saturated heterocycles. The Hall–Kier alpha value is -0.270. The molecule has 0 aliphatic carbocycles. The Labute approximate surface area is 104 Å². The molecule has 16 heavy (non-hydrogen) atoms. The van der Waals surface area contributed by atoms with Gasteiger partial charge in [0.15, 0.2) is 0 Å². The van der Waals surface area contributed by atoms with E-state index in [1.54, 1.807) is 0 Å². The van der Waals surface area contributed by atoms with Crippen molar-refractivity contribution in [3.05, 3.63) is 10.0 Å². The van der Waals surface area contributed by atoms with E-state index >= 15 is 0 Å². The predicted molar refractivity (Wildman–Crippen MR) is 63.6 cm³/mol. The van der Waals surface area contributed by atoms with Crippen molar-refractivity contribution in [1.82, 2.24) is 14.5 Å². The number of nitrogens with two attached hydrogens (primary N) is 1. The summed E-state index contributed by atoms with van der Waals surface area (Å²) in [5.41, 5.74) is 6.67. The van der Waals surface area contributed by atoms with Crippen molar-refractivity contribution in [3.8, 4) is 0 Å². The second kappa shape index (κ2) is 5.37. The Morgan fingerprint density at radius 2 is 2.56 bits per heavy atom. The van der Waals surface area contributed by atoms with Gasteiger partial charge in [0.1, 0.15) is 10.0 Å². The van der Waals surface area contributed by atoms with E-state index in [1.807, 2.05) is 6.92 Å². The van der Waals surface area contributed by atoms with Crippen molar-refractivity contribution in [3.63, 3.8) is 0 Å². The van der Waals surface area contributed by atoms with Gasteiger partial charge in [0, 0.05) is 37.2 Å². The Bertz CT molecular complexity index is 346. The minimum atomic E-state index is 0.0480. The number of hydrogen-bond acceptors (Lipinski definition) is 6. The highest BCUT2D eigenvalue weighted by Gasteiger charge is 2.24. The fourth-order valence-electron chi connectivity index (χ4n) is 1.70. The smallest absolute Gasteiger partial charge is 0.138 e. The molecule has 0 bridgehead atoms. The summed E-state index contributed by atoms with van der Waals surface area (Å²) < 4.78 is 10.1. The van der Waals surface area contributed by atoms with Crippen molar-refractivity contribution in [2.24, 2.45) is 5.73 Å². The van der Waals surface area contributed by atoms with Crippen LogP contribution >= 0.6 is 23.1 Å². The molecule has 2 atom stereocenters. The third kappa shape index (κ3) is 2.89. The lowest BCUT2D eigenvalue weighted by Crippen LogP contribution is -2.49. The molecule has 0 spiro atoms. The van der Waals surface area contributed by atoms with E-state index in [-0.39, 0.29) is 12.1 Å². The van der Waals surface area contributed by atoms with Crippen molar-refractivity contribution in [2.75, 3.05) is 19.7 Å². The number of rotatable bonds is 3. The first-order valence-corrected chi connectivity index (χ1v) is 6.38. The summed E-state index contributed by atoms with van der Waals surface area (Å²) >= 11 is 7.19. The molecule has 1 aliphatic rings. The highest BCUT2D eigenvalue weighted by molar-refractivity contribution is 7.10. The van der Waals surface area contributed by atoms with Crippen LogP contribution in [-0.4, -0.2) is 46.3 Å². The molecule has 2 heterocycles. The maximum atomic E-state index is 5.97. The van der Waals surface area contributed by atoms with E-state index in [1.165, 1.54) is 11.5 Å². The monoisotopic (exact) mass is 262 g/mol. The van der Waals surface area contributed by atoms with Crippen molar-refractivity contribution in [2.45, 2.75) is 25.6 Å². The first-order valence-electron chi connectivity index (χ1n) is 5.23. The van der Waals surface area contributed by atoms with Gasteiger partial charge in [0.05, 0.1) is 12.7 Å². The van der Waals surface area contributed by atoms with E-state index in [9.17, 15) is 0 Å². The molecule has 0 aromatic carbocycles. The largest absolute Gasteiger partial charge is 0.374 e. The standard InChI is InChI=1S/C9H15ClN4OS/c1-6(11)8-5-14(2-3-15-8)4-7-9(10)16-13-12-7/h6,8H,2-5,11H2,1H3.